The smallest absolute Gasteiger partial charge is 0.287 e. The summed E-state index contributed by atoms with van der Waals surface area (Å²) < 4.78 is 30.3. The maximum Gasteiger partial charge on any atom is 0.287 e. The van der Waals surface area contributed by atoms with Crippen molar-refractivity contribution in [1.82, 2.24) is 14.9 Å². The van der Waals surface area contributed by atoms with Gasteiger partial charge in [0, 0.05) is 27.2 Å². The van der Waals surface area contributed by atoms with Crippen molar-refractivity contribution >= 4 is 33.4 Å². The molecule has 8 nitrogen and oxygen atoms in total. The van der Waals surface area contributed by atoms with Crippen LogP contribution in [0.25, 0.3) is 0 Å². The van der Waals surface area contributed by atoms with Gasteiger partial charge in [0.15, 0.2) is 5.76 Å². The molecule has 0 aliphatic carbocycles. The van der Waals surface area contributed by atoms with Crippen LogP contribution in [0.15, 0.2) is 45.9 Å². The number of benzene rings is 1. The van der Waals surface area contributed by atoms with Crippen molar-refractivity contribution in [3.8, 4) is 0 Å². The molecule has 0 spiro atoms. The minimum absolute atomic E-state index is 0.0342. The molecule has 0 saturated carbocycles. The van der Waals surface area contributed by atoms with Crippen molar-refractivity contribution < 1.29 is 22.4 Å². The molecule has 1 aromatic carbocycles. The van der Waals surface area contributed by atoms with Crippen LogP contribution in [0, 0.1) is 0 Å². The molecule has 2 amide bonds. The normalized spacial score (nSPS) is 11.4. The fourth-order valence-corrected chi connectivity index (χ4v) is 3.12. The van der Waals surface area contributed by atoms with Crippen molar-refractivity contribution in [1.29, 1.82) is 0 Å². The molecule has 140 valence electrons. The molecule has 1 aromatic heterocycles. The Balaban J connectivity index is 1.98. The summed E-state index contributed by atoms with van der Waals surface area (Å²) in [5.41, 5.74) is 0.0342. The number of rotatable bonds is 7. The van der Waals surface area contributed by atoms with E-state index in [9.17, 15) is 18.0 Å². The van der Waals surface area contributed by atoms with Crippen LogP contribution in [-0.4, -0.2) is 51.7 Å². The maximum absolute atomic E-state index is 12.3. The Bertz CT molecular complexity index is 895. The fourth-order valence-electron chi connectivity index (χ4n) is 1.99. The Morgan fingerprint density at radius 2 is 1.77 bits per heavy atom. The summed E-state index contributed by atoms with van der Waals surface area (Å²) in [7, 11) is -0.895. The third-order valence-electron chi connectivity index (χ3n) is 3.40. The van der Waals surface area contributed by atoms with Gasteiger partial charge < -0.3 is 15.1 Å². The van der Waals surface area contributed by atoms with E-state index in [4.69, 9.17) is 16.0 Å². The summed E-state index contributed by atoms with van der Waals surface area (Å²) >= 11 is 6.00. The van der Waals surface area contributed by atoms with Crippen molar-refractivity contribution in [3.05, 3.63) is 52.9 Å². The highest BCUT2D eigenvalue weighted by Crippen LogP contribution is 2.22. The molecule has 0 aliphatic rings. The van der Waals surface area contributed by atoms with Gasteiger partial charge in [0.05, 0.1) is 21.7 Å². The van der Waals surface area contributed by atoms with E-state index in [1.54, 1.807) is 6.07 Å². The number of carbonyl (C=O) groups excluding carboxylic acids is 2. The van der Waals surface area contributed by atoms with Crippen molar-refractivity contribution in [2.24, 2.45) is 0 Å². The van der Waals surface area contributed by atoms with Crippen LogP contribution in [0.2, 0.25) is 5.02 Å². The highest BCUT2D eigenvalue weighted by atomic mass is 35.5. The number of sulfonamides is 1. The number of hydrogen-bond donors (Lipinski definition) is 2. The van der Waals surface area contributed by atoms with E-state index in [1.165, 1.54) is 44.6 Å². The van der Waals surface area contributed by atoms with Crippen molar-refractivity contribution in [3.63, 3.8) is 0 Å². The zero-order valence-electron chi connectivity index (χ0n) is 14.2. The number of amides is 2. The molecular weight excluding hydrogens is 382 g/mol. The molecule has 1 heterocycles. The zero-order valence-corrected chi connectivity index (χ0v) is 15.7. The lowest BCUT2D eigenvalue weighted by Gasteiger charge is -2.13. The van der Waals surface area contributed by atoms with Gasteiger partial charge in [0.2, 0.25) is 10.0 Å². The van der Waals surface area contributed by atoms with E-state index in [0.717, 1.165) is 4.31 Å². The third kappa shape index (κ3) is 4.63. The van der Waals surface area contributed by atoms with Crippen LogP contribution in [0.4, 0.5) is 0 Å². The Kier molecular flexibility index (Phi) is 6.41. The quantitative estimate of drug-likeness (QED) is 0.683. The summed E-state index contributed by atoms with van der Waals surface area (Å²) in [6.07, 6.45) is 1.38. The van der Waals surface area contributed by atoms with Gasteiger partial charge in [0.1, 0.15) is 0 Å². The van der Waals surface area contributed by atoms with Gasteiger partial charge in [-0.05, 0) is 30.3 Å². The predicted molar refractivity (Wildman–Crippen MR) is 95.7 cm³/mol. The van der Waals surface area contributed by atoms with Crippen LogP contribution in [0.3, 0.4) is 0 Å². The second kappa shape index (κ2) is 8.35. The Hall–Kier alpha value is -2.36. The van der Waals surface area contributed by atoms with E-state index in [-0.39, 0.29) is 34.3 Å². The fraction of sp³-hybridized carbons (Fsp3) is 0.250. The van der Waals surface area contributed by atoms with Gasteiger partial charge in [-0.1, -0.05) is 11.6 Å². The van der Waals surface area contributed by atoms with E-state index < -0.39 is 21.8 Å². The van der Waals surface area contributed by atoms with Crippen LogP contribution >= 0.6 is 11.6 Å². The van der Waals surface area contributed by atoms with Crippen LogP contribution in [0.1, 0.15) is 20.9 Å². The van der Waals surface area contributed by atoms with E-state index in [0.29, 0.717) is 0 Å². The number of carbonyl (C=O) groups is 2. The number of nitrogens with one attached hydrogen (secondary N) is 2. The lowest BCUT2D eigenvalue weighted by Crippen LogP contribution is -2.34. The SMILES string of the molecule is CN(C)S(=O)(=O)c1ccc(Cl)c(C(=O)NCCNC(=O)c2ccco2)c1. The van der Waals surface area contributed by atoms with Gasteiger partial charge in [-0.2, -0.15) is 0 Å². The molecule has 0 saturated heterocycles. The third-order valence-corrected chi connectivity index (χ3v) is 5.54. The van der Waals surface area contributed by atoms with E-state index in [2.05, 4.69) is 10.6 Å². The maximum atomic E-state index is 12.3. The van der Waals surface area contributed by atoms with E-state index in [1.807, 2.05) is 0 Å². The molecule has 0 radical (unpaired) electrons. The standard InChI is InChI=1S/C16H18ClN3O5S/c1-20(2)26(23,24)11-5-6-13(17)12(10-11)15(21)18-7-8-19-16(22)14-4-3-9-25-14/h3-6,9-10H,7-8H2,1-2H3,(H,18,21)(H,19,22). The second-order valence-electron chi connectivity index (χ2n) is 5.42. The van der Waals surface area contributed by atoms with Crippen LogP contribution in [0.5, 0.6) is 0 Å². The topological polar surface area (TPSA) is 109 Å². The molecule has 0 unspecified atom stereocenters. The highest BCUT2D eigenvalue weighted by molar-refractivity contribution is 7.89. The number of furan rings is 1. The summed E-state index contributed by atoms with van der Waals surface area (Å²) in [5.74, 6) is -0.777. The largest absolute Gasteiger partial charge is 0.459 e. The molecule has 0 fully saturated rings. The van der Waals surface area contributed by atoms with Gasteiger partial charge >= 0.3 is 0 Å². The molecule has 0 atom stereocenters. The average Bonchev–Trinajstić information content (AvgIpc) is 3.13. The predicted octanol–water partition coefficient (Wildman–Crippen LogP) is 1.34. The van der Waals surface area contributed by atoms with Gasteiger partial charge in [-0.3, -0.25) is 9.59 Å². The summed E-state index contributed by atoms with van der Waals surface area (Å²) in [6, 6.07) is 7.01. The molecule has 26 heavy (non-hydrogen) atoms. The molecular formula is C16H18ClN3O5S. The first-order chi connectivity index (χ1) is 12.2. The molecule has 10 heteroatoms. The summed E-state index contributed by atoms with van der Waals surface area (Å²) in [4.78, 5) is 23.9. The zero-order chi connectivity index (χ0) is 19.3. The molecule has 0 aliphatic heterocycles. The molecule has 0 bridgehead atoms. The van der Waals surface area contributed by atoms with Crippen LogP contribution < -0.4 is 10.6 Å². The second-order valence-corrected chi connectivity index (χ2v) is 7.98. The first-order valence-corrected chi connectivity index (χ1v) is 9.37. The Morgan fingerprint density at radius 3 is 2.35 bits per heavy atom. The lowest BCUT2D eigenvalue weighted by atomic mass is 10.2. The number of nitrogens with zero attached hydrogens (tertiary/aromatic N) is 1. The Morgan fingerprint density at radius 1 is 1.12 bits per heavy atom. The van der Waals surface area contributed by atoms with Crippen molar-refractivity contribution in [2.75, 3.05) is 27.2 Å². The first-order valence-electron chi connectivity index (χ1n) is 7.55. The van der Waals surface area contributed by atoms with Gasteiger partial charge in [-0.25, -0.2) is 12.7 Å². The number of halogens is 1. The lowest BCUT2D eigenvalue weighted by molar-refractivity contribution is 0.0910. The van der Waals surface area contributed by atoms with E-state index >= 15 is 0 Å². The molecule has 2 aromatic rings. The Labute approximate surface area is 156 Å². The molecule has 2 rings (SSSR count). The van der Waals surface area contributed by atoms with Gasteiger partial charge in [0.25, 0.3) is 11.8 Å². The van der Waals surface area contributed by atoms with Gasteiger partial charge in [-0.15, -0.1) is 0 Å². The van der Waals surface area contributed by atoms with Crippen molar-refractivity contribution in [2.45, 2.75) is 4.90 Å². The first kappa shape index (κ1) is 20.0. The molecule has 2 N–H and O–H groups in total. The highest BCUT2D eigenvalue weighted by Gasteiger charge is 2.20. The minimum atomic E-state index is -3.68. The van der Waals surface area contributed by atoms with Crippen LogP contribution in [-0.2, 0) is 10.0 Å². The average molecular weight is 400 g/mol. The monoisotopic (exact) mass is 399 g/mol. The summed E-state index contributed by atoms with van der Waals surface area (Å²) in [5, 5.41) is 5.27. The number of hydrogen-bond acceptors (Lipinski definition) is 5. The minimum Gasteiger partial charge on any atom is -0.459 e. The summed E-state index contributed by atoms with van der Waals surface area (Å²) in [6.45, 7) is 0.296.